The Hall–Kier alpha value is -4.25. The summed E-state index contributed by atoms with van der Waals surface area (Å²) in [7, 11) is 0. The Balaban J connectivity index is 1.37. The molecule has 3 amide bonds. The highest BCUT2D eigenvalue weighted by atomic mass is 32.2. The number of amides is 3. The van der Waals surface area contributed by atoms with Crippen LogP contribution in [-0.4, -0.2) is 52.4 Å². The van der Waals surface area contributed by atoms with Crippen LogP contribution in [0.4, 0.5) is 10.5 Å². The number of nitrogens with one attached hydrogen (secondary N) is 1. The number of thioether (sulfide) groups is 1. The number of nitrogens with zero attached hydrogens (tertiary/aromatic N) is 2. The van der Waals surface area contributed by atoms with Gasteiger partial charge in [0.25, 0.3) is 11.1 Å². The van der Waals surface area contributed by atoms with Crippen LogP contribution in [-0.2, 0) is 25.7 Å². The van der Waals surface area contributed by atoms with Gasteiger partial charge in [0.05, 0.1) is 11.5 Å². The number of rotatable bonds is 8. The van der Waals surface area contributed by atoms with Crippen molar-refractivity contribution in [2.24, 2.45) is 5.92 Å². The van der Waals surface area contributed by atoms with Gasteiger partial charge in [-0.25, -0.2) is 0 Å². The van der Waals surface area contributed by atoms with Crippen molar-refractivity contribution in [3.63, 3.8) is 0 Å². The van der Waals surface area contributed by atoms with Crippen LogP contribution in [0, 0.1) is 12.8 Å². The molecule has 0 radical (unpaired) electrons. The Morgan fingerprint density at radius 2 is 1.87 bits per heavy atom. The first-order chi connectivity index (χ1) is 18.7. The lowest BCUT2D eigenvalue weighted by Gasteiger charge is -2.12. The van der Waals surface area contributed by atoms with Crippen LogP contribution in [0.25, 0.3) is 17.0 Å². The maximum Gasteiger partial charge on any atom is 0.326 e. The fraction of sp³-hybridized carbons (Fsp3) is 0.286. The third-order valence-corrected chi connectivity index (χ3v) is 7.16. The quantitative estimate of drug-likeness (QED) is 0.321. The van der Waals surface area contributed by atoms with E-state index < -0.39 is 23.7 Å². The Bertz CT molecular complexity index is 1520. The topological polar surface area (TPSA) is 116 Å². The number of esters is 1. The van der Waals surface area contributed by atoms with Gasteiger partial charge < -0.3 is 24.1 Å². The Labute approximate surface area is 228 Å². The molecule has 11 heteroatoms. The van der Waals surface area contributed by atoms with E-state index in [1.165, 1.54) is 0 Å². The molecule has 2 aliphatic heterocycles. The molecule has 2 aliphatic rings. The zero-order valence-electron chi connectivity index (χ0n) is 21.7. The van der Waals surface area contributed by atoms with Gasteiger partial charge in [0, 0.05) is 33.9 Å². The first kappa shape index (κ1) is 26.4. The molecule has 1 fully saturated rings. The van der Waals surface area contributed by atoms with E-state index in [-0.39, 0.29) is 36.7 Å². The Morgan fingerprint density at radius 3 is 2.67 bits per heavy atom. The Morgan fingerprint density at radius 1 is 1.10 bits per heavy atom. The number of aromatic nitrogens is 1. The van der Waals surface area contributed by atoms with Gasteiger partial charge in [-0.2, -0.15) is 0 Å². The number of benzene rings is 2. The van der Waals surface area contributed by atoms with E-state index in [0.717, 1.165) is 38.8 Å². The normalized spacial score (nSPS) is 15.6. The fourth-order valence-corrected chi connectivity index (χ4v) is 5.18. The first-order valence-corrected chi connectivity index (χ1v) is 13.2. The predicted octanol–water partition coefficient (Wildman–Crippen LogP) is 4.55. The highest BCUT2D eigenvalue weighted by Gasteiger charge is 2.37. The van der Waals surface area contributed by atoms with Crippen molar-refractivity contribution in [1.82, 2.24) is 9.47 Å². The number of ether oxygens (including phenoxy) is 3. The number of carbonyl (C=O) groups excluding carboxylic acids is 4. The van der Waals surface area contributed by atoms with Crippen LogP contribution in [0.1, 0.15) is 25.1 Å². The molecule has 1 aromatic heterocycles. The smallest absolute Gasteiger partial charge is 0.326 e. The molecule has 1 N–H and O–H groups in total. The molecule has 0 aliphatic carbocycles. The molecule has 0 unspecified atom stereocenters. The molecule has 10 nitrogen and oxygen atoms in total. The van der Waals surface area contributed by atoms with Crippen molar-refractivity contribution in [3.05, 3.63) is 58.6 Å². The summed E-state index contributed by atoms with van der Waals surface area (Å²) in [6, 6.07) is 12.7. The second-order valence-corrected chi connectivity index (χ2v) is 10.6. The van der Waals surface area contributed by atoms with Gasteiger partial charge >= 0.3 is 5.97 Å². The van der Waals surface area contributed by atoms with Gasteiger partial charge in [0.1, 0.15) is 13.1 Å². The number of carbonyl (C=O) groups is 4. The molecule has 202 valence electrons. The van der Waals surface area contributed by atoms with Gasteiger partial charge in [-0.1, -0.05) is 32.0 Å². The van der Waals surface area contributed by atoms with E-state index in [1.807, 2.05) is 49.6 Å². The average Bonchev–Trinajstić information content (AvgIpc) is 3.55. The van der Waals surface area contributed by atoms with Crippen LogP contribution in [0.2, 0.25) is 0 Å². The lowest BCUT2D eigenvalue weighted by Crippen LogP contribution is -2.34. The molecule has 5 rings (SSSR count). The summed E-state index contributed by atoms with van der Waals surface area (Å²) in [5.74, 6) is -0.0917. The summed E-state index contributed by atoms with van der Waals surface area (Å²) >= 11 is 0.775. The molecule has 1 saturated heterocycles. The number of anilines is 1. The van der Waals surface area contributed by atoms with Crippen molar-refractivity contribution >= 4 is 57.5 Å². The third-order valence-electron chi connectivity index (χ3n) is 6.25. The molecule has 0 bridgehead atoms. The summed E-state index contributed by atoms with van der Waals surface area (Å²) < 4.78 is 17.7. The first-order valence-electron chi connectivity index (χ1n) is 12.4. The minimum absolute atomic E-state index is 0.0256. The van der Waals surface area contributed by atoms with Gasteiger partial charge in [-0.15, -0.1) is 0 Å². The van der Waals surface area contributed by atoms with E-state index in [1.54, 1.807) is 24.3 Å². The van der Waals surface area contributed by atoms with E-state index in [9.17, 15) is 19.2 Å². The van der Waals surface area contributed by atoms with Gasteiger partial charge in [0.2, 0.25) is 12.7 Å². The number of imide groups is 1. The van der Waals surface area contributed by atoms with Crippen LogP contribution in [0.3, 0.4) is 0 Å². The standard InChI is InChI=1S/C28H27N3O7S/c1-16(2)14-36-26(33)13-31-27(34)24(39-28(31)35)11-20-17(3)30(21-7-5-4-6-19(20)21)12-25(32)29-18-8-9-22-23(10-18)38-15-37-22/h4-11,16H,12-15H2,1-3H3,(H,29,32)/b24-11-. The molecular weight excluding hydrogens is 522 g/mol. The molecule has 0 saturated carbocycles. The molecule has 3 heterocycles. The van der Waals surface area contributed by atoms with Crippen molar-refractivity contribution in [2.75, 3.05) is 25.3 Å². The number of para-hydroxylation sites is 1. The highest BCUT2D eigenvalue weighted by molar-refractivity contribution is 8.18. The maximum absolute atomic E-state index is 13.0. The molecule has 39 heavy (non-hydrogen) atoms. The zero-order chi connectivity index (χ0) is 27.7. The monoisotopic (exact) mass is 549 g/mol. The largest absolute Gasteiger partial charge is 0.464 e. The summed E-state index contributed by atoms with van der Waals surface area (Å²) in [6.45, 7) is 5.60. The lowest BCUT2D eigenvalue weighted by atomic mass is 10.1. The minimum Gasteiger partial charge on any atom is -0.464 e. The van der Waals surface area contributed by atoms with Crippen LogP contribution >= 0.6 is 11.8 Å². The van der Waals surface area contributed by atoms with E-state index >= 15 is 0 Å². The molecule has 3 aromatic rings. The predicted molar refractivity (Wildman–Crippen MR) is 146 cm³/mol. The number of hydrogen-bond acceptors (Lipinski definition) is 8. The number of hydrogen-bond donors (Lipinski definition) is 1. The summed E-state index contributed by atoms with van der Waals surface area (Å²) in [4.78, 5) is 51.8. The second kappa shape index (κ2) is 10.9. The van der Waals surface area contributed by atoms with Crippen LogP contribution < -0.4 is 14.8 Å². The van der Waals surface area contributed by atoms with Crippen LogP contribution in [0.15, 0.2) is 47.4 Å². The SMILES string of the molecule is Cc1c(/C=C2\SC(=O)N(CC(=O)OCC(C)C)C2=O)c2ccccc2n1CC(=O)Nc1ccc2c(c1)OCO2. The zero-order valence-corrected chi connectivity index (χ0v) is 22.5. The molecule has 0 spiro atoms. The number of fused-ring (bicyclic) bond motifs is 2. The van der Waals surface area contributed by atoms with Gasteiger partial charge in [0.15, 0.2) is 11.5 Å². The summed E-state index contributed by atoms with van der Waals surface area (Å²) in [5, 5.41) is 3.18. The second-order valence-electron chi connectivity index (χ2n) is 9.56. The maximum atomic E-state index is 13.0. The summed E-state index contributed by atoms with van der Waals surface area (Å²) in [5.41, 5.74) is 2.85. The Kier molecular flexibility index (Phi) is 7.34. The summed E-state index contributed by atoms with van der Waals surface area (Å²) in [6.07, 6.45) is 1.65. The third kappa shape index (κ3) is 5.49. The van der Waals surface area contributed by atoms with Crippen molar-refractivity contribution < 1.29 is 33.4 Å². The molecular formula is C28H27N3O7S. The van der Waals surface area contributed by atoms with Crippen molar-refractivity contribution in [2.45, 2.75) is 27.3 Å². The van der Waals surface area contributed by atoms with Crippen molar-refractivity contribution in [3.8, 4) is 11.5 Å². The minimum atomic E-state index is -0.631. The fourth-order valence-electron chi connectivity index (χ4n) is 4.36. The molecule has 2 aromatic carbocycles. The van der Waals surface area contributed by atoms with Crippen LogP contribution in [0.5, 0.6) is 11.5 Å². The van der Waals surface area contributed by atoms with E-state index in [2.05, 4.69) is 5.32 Å². The highest BCUT2D eigenvalue weighted by Crippen LogP contribution is 2.36. The van der Waals surface area contributed by atoms with E-state index in [4.69, 9.17) is 14.2 Å². The lowest BCUT2D eigenvalue weighted by molar-refractivity contribution is -0.147. The van der Waals surface area contributed by atoms with Crippen molar-refractivity contribution in [1.29, 1.82) is 0 Å². The molecule has 0 atom stereocenters. The average molecular weight is 550 g/mol. The van der Waals surface area contributed by atoms with Gasteiger partial charge in [-0.3, -0.25) is 24.1 Å². The van der Waals surface area contributed by atoms with Gasteiger partial charge in [-0.05, 0) is 48.9 Å². The van der Waals surface area contributed by atoms with E-state index in [0.29, 0.717) is 17.2 Å².